The van der Waals surface area contributed by atoms with Crippen LogP contribution in [0.2, 0.25) is 0 Å². The quantitative estimate of drug-likeness (QED) is 0.574. The Labute approximate surface area is 59.9 Å². The lowest BCUT2D eigenvalue weighted by Crippen LogP contribution is -1.92. The van der Waals surface area contributed by atoms with Crippen molar-refractivity contribution in [2.45, 2.75) is 13.3 Å². The number of hydrogen-bond donors (Lipinski definition) is 0. The van der Waals surface area contributed by atoms with Crippen molar-refractivity contribution in [3.63, 3.8) is 0 Å². The number of pyridine rings is 1. The molecule has 0 aliphatic rings. The van der Waals surface area contributed by atoms with Crippen molar-refractivity contribution in [3.8, 4) is 0 Å². The summed E-state index contributed by atoms with van der Waals surface area (Å²) >= 11 is 0. The average Bonchev–Trinajstić information content (AvgIpc) is 2.04. The number of aromatic nitrogens is 1. The summed E-state index contributed by atoms with van der Waals surface area (Å²) in [7, 11) is 0. The van der Waals surface area contributed by atoms with Gasteiger partial charge in [0.1, 0.15) is 5.69 Å². The Morgan fingerprint density at radius 1 is 1.70 bits per heavy atom. The van der Waals surface area contributed by atoms with Crippen LogP contribution >= 0.6 is 0 Å². The summed E-state index contributed by atoms with van der Waals surface area (Å²) in [5.74, 6) is 0. The maximum Gasteiger partial charge on any atom is 0.168 e. The first kappa shape index (κ1) is 6.93. The number of nitrogens with zero attached hydrogens (tertiary/aromatic N) is 1. The molecule has 0 saturated carbocycles. The van der Waals surface area contributed by atoms with E-state index in [4.69, 9.17) is 0 Å². The van der Waals surface area contributed by atoms with Crippen LogP contribution in [0.5, 0.6) is 0 Å². The second-order valence-electron chi connectivity index (χ2n) is 2.02. The first-order valence-electron chi connectivity index (χ1n) is 3.27. The lowest BCUT2D eigenvalue weighted by Gasteiger charge is -1.96. The molecule has 0 aromatic carbocycles. The Balaban J connectivity index is 3.08. The fraction of sp³-hybridized carbons (Fsp3) is 0.250. The molecular formula is C8H9NO. The summed E-state index contributed by atoms with van der Waals surface area (Å²) in [6.07, 6.45) is 3.28. The molecule has 10 heavy (non-hydrogen) atoms. The van der Waals surface area contributed by atoms with E-state index in [0.717, 1.165) is 18.3 Å². The molecule has 52 valence electrons. The Bertz CT molecular complexity index is 232. The fourth-order valence-electron chi connectivity index (χ4n) is 0.856. The molecule has 2 nitrogen and oxygen atoms in total. The van der Waals surface area contributed by atoms with Gasteiger partial charge in [0, 0.05) is 6.20 Å². The van der Waals surface area contributed by atoms with Gasteiger partial charge in [-0.3, -0.25) is 9.78 Å². The van der Waals surface area contributed by atoms with Gasteiger partial charge in [0.25, 0.3) is 0 Å². The van der Waals surface area contributed by atoms with E-state index in [1.165, 1.54) is 0 Å². The molecule has 0 saturated heterocycles. The van der Waals surface area contributed by atoms with E-state index in [0.29, 0.717) is 5.69 Å². The predicted molar refractivity (Wildman–Crippen MR) is 39.0 cm³/mol. The topological polar surface area (TPSA) is 30.0 Å². The van der Waals surface area contributed by atoms with Gasteiger partial charge in [-0.15, -0.1) is 0 Å². The molecule has 0 unspecified atom stereocenters. The third-order valence-electron chi connectivity index (χ3n) is 1.42. The predicted octanol–water partition coefficient (Wildman–Crippen LogP) is 1.46. The molecule has 2 heteroatoms. The lowest BCUT2D eigenvalue weighted by atomic mass is 10.1. The molecule has 0 bridgehead atoms. The van der Waals surface area contributed by atoms with Gasteiger partial charge in [-0.2, -0.15) is 0 Å². The largest absolute Gasteiger partial charge is 0.296 e. The van der Waals surface area contributed by atoms with Gasteiger partial charge in [0.05, 0.1) is 0 Å². The van der Waals surface area contributed by atoms with Crippen LogP contribution in [0.25, 0.3) is 0 Å². The van der Waals surface area contributed by atoms with Gasteiger partial charge >= 0.3 is 0 Å². The summed E-state index contributed by atoms with van der Waals surface area (Å²) in [5, 5.41) is 0. The van der Waals surface area contributed by atoms with Crippen LogP contribution in [0.15, 0.2) is 18.3 Å². The van der Waals surface area contributed by atoms with Gasteiger partial charge in [-0.1, -0.05) is 13.0 Å². The molecule has 1 rings (SSSR count). The smallest absolute Gasteiger partial charge is 0.168 e. The summed E-state index contributed by atoms with van der Waals surface area (Å²) < 4.78 is 0. The molecule has 0 spiro atoms. The second kappa shape index (κ2) is 3.11. The maximum absolute atomic E-state index is 10.3. The number of carbonyl (C=O) groups excluding carboxylic acids is 1. The second-order valence-corrected chi connectivity index (χ2v) is 2.02. The zero-order chi connectivity index (χ0) is 7.40. The van der Waals surface area contributed by atoms with Crippen LogP contribution in [0.4, 0.5) is 0 Å². The minimum absolute atomic E-state index is 0.560. The highest BCUT2D eigenvalue weighted by Gasteiger charge is 1.96. The SMILES string of the molecule is CCc1cccnc1C=O. The number of rotatable bonds is 2. The van der Waals surface area contributed by atoms with Gasteiger partial charge < -0.3 is 0 Å². The van der Waals surface area contributed by atoms with Crippen molar-refractivity contribution in [2.75, 3.05) is 0 Å². The Morgan fingerprint density at radius 3 is 3.00 bits per heavy atom. The third-order valence-corrected chi connectivity index (χ3v) is 1.42. The van der Waals surface area contributed by atoms with Gasteiger partial charge in [0.15, 0.2) is 6.29 Å². The van der Waals surface area contributed by atoms with E-state index in [1.54, 1.807) is 6.20 Å². The first-order chi connectivity index (χ1) is 4.88. The molecule has 0 fully saturated rings. The van der Waals surface area contributed by atoms with Crippen molar-refractivity contribution in [1.82, 2.24) is 4.98 Å². The van der Waals surface area contributed by atoms with E-state index < -0.39 is 0 Å². The van der Waals surface area contributed by atoms with Crippen molar-refractivity contribution >= 4 is 6.29 Å². The molecular weight excluding hydrogens is 126 g/mol. The van der Waals surface area contributed by atoms with Crippen molar-refractivity contribution in [2.24, 2.45) is 0 Å². The van der Waals surface area contributed by atoms with Crippen LogP contribution in [-0.4, -0.2) is 11.3 Å². The Morgan fingerprint density at radius 2 is 2.50 bits per heavy atom. The van der Waals surface area contributed by atoms with E-state index >= 15 is 0 Å². The zero-order valence-corrected chi connectivity index (χ0v) is 5.87. The first-order valence-corrected chi connectivity index (χ1v) is 3.27. The van der Waals surface area contributed by atoms with Crippen molar-refractivity contribution < 1.29 is 4.79 Å². The minimum atomic E-state index is 0.560. The van der Waals surface area contributed by atoms with Crippen molar-refractivity contribution in [1.29, 1.82) is 0 Å². The van der Waals surface area contributed by atoms with Crippen LogP contribution in [0, 0.1) is 0 Å². The van der Waals surface area contributed by atoms with E-state index in [9.17, 15) is 4.79 Å². The molecule has 0 N–H and O–H groups in total. The summed E-state index contributed by atoms with van der Waals surface area (Å²) in [6, 6.07) is 3.75. The maximum atomic E-state index is 10.3. The average molecular weight is 135 g/mol. The highest BCUT2D eigenvalue weighted by atomic mass is 16.1. The summed E-state index contributed by atoms with van der Waals surface area (Å²) in [4.78, 5) is 14.2. The molecule has 0 atom stereocenters. The molecule has 1 aromatic rings. The van der Waals surface area contributed by atoms with Crippen LogP contribution in [0.1, 0.15) is 23.0 Å². The zero-order valence-electron chi connectivity index (χ0n) is 5.87. The van der Waals surface area contributed by atoms with Gasteiger partial charge in [-0.05, 0) is 18.1 Å². The molecule has 0 radical (unpaired) electrons. The van der Waals surface area contributed by atoms with Crippen LogP contribution in [-0.2, 0) is 6.42 Å². The summed E-state index contributed by atoms with van der Waals surface area (Å²) in [5.41, 5.74) is 1.57. The minimum Gasteiger partial charge on any atom is -0.296 e. The Kier molecular flexibility index (Phi) is 2.15. The number of carbonyl (C=O) groups is 1. The van der Waals surface area contributed by atoms with Crippen molar-refractivity contribution in [3.05, 3.63) is 29.6 Å². The highest BCUT2D eigenvalue weighted by molar-refractivity contribution is 5.73. The molecule has 0 amide bonds. The molecule has 0 aliphatic carbocycles. The molecule has 1 heterocycles. The Hall–Kier alpha value is -1.18. The van der Waals surface area contributed by atoms with E-state index in [-0.39, 0.29) is 0 Å². The normalized spacial score (nSPS) is 9.30. The monoisotopic (exact) mass is 135 g/mol. The van der Waals surface area contributed by atoms with Gasteiger partial charge in [-0.25, -0.2) is 0 Å². The van der Waals surface area contributed by atoms with Gasteiger partial charge in [0.2, 0.25) is 0 Å². The number of aldehydes is 1. The number of hydrogen-bond acceptors (Lipinski definition) is 2. The lowest BCUT2D eigenvalue weighted by molar-refractivity contribution is 0.111. The van der Waals surface area contributed by atoms with Crippen LogP contribution < -0.4 is 0 Å². The van der Waals surface area contributed by atoms with E-state index in [1.807, 2.05) is 19.1 Å². The fourth-order valence-corrected chi connectivity index (χ4v) is 0.856. The van der Waals surface area contributed by atoms with E-state index in [2.05, 4.69) is 4.98 Å². The summed E-state index contributed by atoms with van der Waals surface area (Å²) in [6.45, 7) is 2.00. The standard InChI is InChI=1S/C8H9NO/c1-2-7-4-3-5-9-8(7)6-10/h3-6H,2H2,1H3. The molecule has 1 aromatic heterocycles. The number of aryl methyl sites for hydroxylation is 1. The third kappa shape index (κ3) is 1.21. The highest BCUT2D eigenvalue weighted by Crippen LogP contribution is 2.01. The van der Waals surface area contributed by atoms with Crippen LogP contribution in [0.3, 0.4) is 0 Å². The molecule has 0 aliphatic heterocycles.